The van der Waals surface area contributed by atoms with Gasteiger partial charge in [-0.1, -0.05) is 0 Å². The quantitative estimate of drug-likeness (QED) is 0.428. The second-order valence-corrected chi connectivity index (χ2v) is 6.25. The van der Waals surface area contributed by atoms with Crippen molar-refractivity contribution in [1.82, 2.24) is 0 Å². The van der Waals surface area contributed by atoms with Crippen molar-refractivity contribution in [2.75, 3.05) is 31.9 Å². The first-order valence-corrected chi connectivity index (χ1v) is 8.51. The average Bonchev–Trinajstić information content (AvgIpc) is 2.45. The lowest BCUT2D eigenvalue weighted by Gasteiger charge is -2.11. The molecule has 1 amide bonds. The minimum atomic E-state index is -3.46. The van der Waals surface area contributed by atoms with E-state index in [9.17, 15) is 18.0 Å². The van der Waals surface area contributed by atoms with Crippen LogP contribution in [0.3, 0.4) is 0 Å². The summed E-state index contributed by atoms with van der Waals surface area (Å²) in [6.07, 6.45) is 1.32. The molecule has 23 heavy (non-hydrogen) atoms. The molecular formula is C14H19NO7S. The number of benzene rings is 1. The molecule has 0 saturated heterocycles. The van der Waals surface area contributed by atoms with Gasteiger partial charge in [-0.05, 0) is 18.2 Å². The molecule has 1 aromatic carbocycles. The number of esters is 1. The molecule has 0 fully saturated rings. The van der Waals surface area contributed by atoms with Crippen LogP contribution in [-0.2, 0) is 23.8 Å². The van der Waals surface area contributed by atoms with E-state index in [4.69, 9.17) is 4.74 Å². The molecule has 0 spiro atoms. The van der Waals surface area contributed by atoms with Gasteiger partial charge in [0.1, 0.15) is 5.75 Å². The number of hydrogen-bond acceptors (Lipinski definition) is 7. The van der Waals surface area contributed by atoms with Gasteiger partial charge in [0.05, 0.1) is 37.8 Å². The van der Waals surface area contributed by atoms with Gasteiger partial charge < -0.3 is 14.8 Å². The number of ether oxygens (including phenoxy) is 2. The van der Waals surface area contributed by atoms with E-state index in [0.29, 0.717) is 17.9 Å². The topological polar surface area (TPSA) is 108 Å². The number of anilines is 1. The Morgan fingerprint density at radius 3 is 2.48 bits per heavy atom. The van der Waals surface area contributed by atoms with Crippen molar-refractivity contribution in [1.29, 1.82) is 0 Å². The van der Waals surface area contributed by atoms with E-state index in [1.54, 1.807) is 6.07 Å². The van der Waals surface area contributed by atoms with Crippen molar-refractivity contribution >= 4 is 27.7 Å². The van der Waals surface area contributed by atoms with Gasteiger partial charge in [-0.15, -0.1) is 0 Å². The van der Waals surface area contributed by atoms with Gasteiger partial charge in [0, 0.05) is 13.3 Å². The maximum atomic E-state index is 11.7. The fourth-order valence-corrected chi connectivity index (χ4v) is 2.07. The van der Waals surface area contributed by atoms with Gasteiger partial charge >= 0.3 is 5.97 Å². The Labute approximate surface area is 134 Å². The second-order valence-electron chi connectivity index (χ2n) is 4.61. The number of methoxy groups -OCH3 is 1. The van der Waals surface area contributed by atoms with Crippen LogP contribution in [0, 0.1) is 0 Å². The van der Waals surface area contributed by atoms with Crippen LogP contribution in [0.25, 0.3) is 0 Å². The SMILES string of the molecule is COC(=O)c1cc(OCCCOS(C)(=O)=O)ccc1NC(C)=O. The van der Waals surface area contributed by atoms with Crippen molar-refractivity contribution in [3.05, 3.63) is 23.8 Å². The molecule has 128 valence electrons. The summed E-state index contributed by atoms with van der Waals surface area (Å²) in [7, 11) is -2.23. The van der Waals surface area contributed by atoms with E-state index >= 15 is 0 Å². The summed E-state index contributed by atoms with van der Waals surface area (Å²) in [4.78, 5) is 22.9. The fraction of sp³-hybridized carbons (Fsp3) is 0.429. The Hall–Kier alpha value is -2.13. The van der Waals surface area contributed by atoms with Crippen LogP contribution in [0.1, 0.15) is 23.7 Å². The summed E-state index contributed by atoms with van der Waals surface area (Å²) >= 11 is 0. The van der Waals surface area contributed by atoms with Crippen LogP contribution in [0.5, 0.6) is 5.75 Å². The Morgan fingerprint density at radius 2 is 1.91 bits per heavy atom. The van der Waals surface area contributed by atoms with Gasteiger partial charge in [-0.3, -0.25) is 8.98 Å². The number of hydrogen-bond donors (Lipinski definition) is 1. The molecule has 0 aromatic heterocycles. The third-order valence-electron chi connectivity index (χ3n) is 2.56. The zero-order valence-corrected chi connectivity index (χ0v) is 13.9. The molecular weight excluding hydrogens is 326 g/mol. The molecule has 0 unspecified atom stereocenters. The summed E-state index contributed by atoms with van der Waals surface area (Å²) in [6.45, 7) is 1.54. The van der Waals surface area contributed by atoms with Crippen LogP contribution in [0.2, 0.25) is 0 Å². The lowest BCUT2D eigenvalue weighted by Crippen LogP contribution is -2.12. The van der Waals surface area contributed by atoms with Gasteiger partial charge in [-0.2, -0.15) is 8.42 Å². The zero-order valence-electron chi connectivity index (χ0n) is 13.1. The van der Waals surface area contributed by atoms with Crippen LogP contribution in [-0.4, -0.2) is 46.9 Å². The molecule has 0 radical (unpaired) electrons. The van der Waals surface area contributed by atoms with Crippen molar-refractivity contribution in [3.8, 4) is 5.75 Å². The van der Waals surface area contributed by atoms with E-state index in [0.717, 1.165) is 6.26 Å². The molecule has 0 bridgehead atoms. The first kappa shape index (κ1) is 18.9. The third kappa shape index (κ3) is 7.11. The van der Waals surface area contributed by atoms with Crippen molar-refractivity contribution in [3.63, 3.8) is 0 Å². The molecule has 1 aromatic rings. The van der Waals surface area contributed by atoms with Crippen molar-refractivity contribution < 1.29 is 31.7 Å². The van der Waals surface area contributed by atoms with Gasteiger partial charge in [-0.25, -0.2) is 4.79 Å². The van der Waals surface area contributed by atoms with Gasteiger partial charge in [0.15, 0.2) is 0 Å². The summed E-state index contributed by atoms with van der Waals surface area (Å²) in [6, 6.07) is 4.54. The molecule has 0 aliphatic carbocycles. The highest BCUT2D eigenvalue weighted by Crippen LogP contribution is 2.23. The fourth-order valence-electron chi connectivity index (χ4n) is 1.65. The first-order chi connectivity index (χ1) is 10.7. The third-order valence-corrected chi connectivity index (χ3v) is 3.16. The highest BCUT2D eigenvalue weighted by atomic mass is 32.2. The Kier molecular flexibility index (Phi) is 6.98. The van der Waals surface area contributed by atoms with E-state index in [1.807, 2.05) is 0 Å². The number of carbonyl (C=O) groups is 2. The average molecular weight is 345 g/mol. The van der Waals surface area contributed by atoms with E-state index < -0.39 is 16.1 Å². The Balaban J connectivity index is 2.69. The molecule has 0 atom stereocenters. The molecule has 1 N–H and O–H groups in total. The molecule has 0 aliphatic heterocycles. The molecule has 0 saturated carbocycles. The lowest BCUT2D eigenvalue weighted by molar-refractivity contribution is -0.114. The smallest absolute Gasteiger partial charge is 0.340 e. The first-order valence-electron chi connectivity index (χ1n) is 6.70. The highest BCUT2D eigenvalue weighted by Gasteiger charge is 2.14. The minimum absolute atomic E-state index is 0.00661. The van der Waals surface area contributed by atoms with Crippen molar-refractivity contribution in [2.24, 2.45) is 0 Å². The normalized spacial score (nSPS) is 10.9. The summed E-state index contributed by atoms with van der Waals surface area (Å²) in [5, 5.41) is 2.53. The summed E-state index contributed by atoms with van der Waals surface area (Å²) in [5.74, 6) is -0.541. The van der Waals surface area contributed by atoms with Gasteiger partial charge in [0.25, 0.3) is 10.1 Å². The summed E-state index contributed by atoms with van der Waals surface area (Å²) in [5.41, 5.74) is 0.477. The molecule has 8 nitrogen and oxygen atoms in total. The van der Waals surface area contributed by atoms with E-state index in [-0.39, 0.29) is 24.7 Å². The lowest BCUT2D eigenvalue weighted by atomic mass is 10.1. The predicted molar refractivity (Wildman–Crippen MR) is 83.0 cm³/mol. The Bertz CT molecular complexity index is 670. The van der Waals surface area contributed by atoms with Crippen LogP contribution < -0.4 is 10.1 Å². The maximum absolute atomic E-state index is 11.7. The summed E-state index contributed by atoms with van der Waals surface area (Å²) < 4.78 is 36.2. The molecule has 9 heteroatoms. The van der Waals surface area contributed by atoms with Crippen molar-refractivity contribution in [2.45, 2.75) is 13.3 Å². The van der Waals surface area contributed by atoms with E-state index in [1.165, 1.54) is 26.2 Å². The molecule has 1 rings (SSSR count). The van der Waals surface area contributed by atoms with Gasteiger partial charge in [0.2, 0.25) is 5.91 Å². The second kappa shape index (κ2) is 8.49. The largest absolute Gasteiger partial charge is 0.493 e. The van der Waals surface area contributed by atoms with E-state index in [2.05, 4.69) is 14.2 Å². The monoisotopic (exact) mass is 345 g/mol. The van der Waals surface area contributed by atoms with Crippen LogP contribution >= 0.6 is 0 Å². The number of rotatable bonds is 8. The zero-order chi connectivity index (χ0) is 17.5. The minimum Gasteiger partial charge on any atom is -0.493 e. The number of carbonyl (C=O) groups excluding carboxylic acids is 2. The predicted octanol–water partition coefficient (Wildman–Crippen LogP) is 1.18. The molecule has 0 heterocycles. The number of nitrogens with one attached hydrogen (secondary N) is 1. The Morgan fingerprint density at radius 1 is 1.22 bits per heavy atom. The van der Waals surface area contributed by atoms with Crippen LogP contribution in [0.15, 0.2) is 18.2 Å². The maximum Gasteiger partial charge on any atom is 0.340 e. The highest BCUT2D eigenvalue weighted by molar-refractivity contribution is 7.85. The number of amides is 1. The standard InChI is InChI=1S/C14H19NO7S/c1-10(16)15-13-6-5-11(9-12(13)14(17)20-2)21-7-4-8-22-23(3,18)19/h5-6,9H,4,7-8H2,1-3H3,(H,15,16). The molecule has 0 aliphatic rings. The van der Waals surface area contributed by atoms with Crippen LogP contribution in [0.4, 0.5) is 5.69 Å².